The van der Waals surface area contributed by atoms with Crippen molar-refractivity contribution in [3.05, 3.63) is 65.2 Å². The van der Waals surface area contributed by atoms with Crippen molar-refractivity contribution in [2.45, 2.75) is 12.6 Å². The molecule has 2 N–H and O–H groups in total. The first-order chi connectivity index (χ1) is 10.8. The van der Waals surface area contributed by atoms with E-state index in [1.165, 1.54) is 0 Å². The van der Waals surface area contributed by atoms with Crippen LogP contribution in [-0.2, 0) is 0 Å². The molecular formula is C17H15N3O2. The van der Waals surface area contributed by atoms with Crippen molar-refractivity contribution in [2.24, 2.45) is 5.16 Å². The predicted molar refractivity (Wildman–Crippen MR) is 83.4 cm³/mol. The first-order valence-electron chi connectivity index (χ1n) is 7.26. The van der Waals surface area contributed by atoms with E-state index in [1.54, 1.807) is 0 Å². The Labute approximate surface area is 127 Å². The largest absolute Gasteiger partial charge is 0.411 e. The average molecular weight is 293 g/mol. The number of carbonyl (C=O) groups excluding carboxylic acids is 1. The van der Waals surface area contributed by atoms with Crippen LogP contribution in [0, 0.1) is 0 Å². The number of carbonyl (C=O) groups is 1. The molecule has 2 aromatic rings. The zero-order chi connectivity index (χ0) is 15.1. The Hall–Kier alpha value is -2.82. The summed E-state index contributed by atoms with van der Waals surface area (Å²) in [5.74, 6) is -0.0962. The van der Waals surface area contributed by atoms with E-state index in [0.29, 0.717) is 24.2 Å². The molecule has 0 fully saturated rings. The average Bonchev–Trinajstić information content (AvgIpc) is 2.58. The molecule has 0 aromatic heterocycles. The highest BCUT2D eigenvalue weighted by molar-refractivity contribution is 6.13. The summed E-state index contributed by atoms with van der Waals surface area (Å²) in [7, 11) is 0. The number of nitrogens with zero attached hydrogens (tertiary/aromatic N) is 2. The molecule has 0 bridgehead atoms. The number of nitrogens with one attached hydrogen (secondary N) is 1. The fourth-order valence-corrected chi connectivity index (χ4v) is 3.28. The van der Waals surface area contributed by atoms with Gasteiger partial charge in [-0.15, -0.1) is 0 Å². The number of hydrogen-bond donors (Lipinski definition) is 2. The van der Waals surface area contributed by atoms with Gasteiger partial charge in [-0.1, -0.05) is 47.6 Å². The van der Waals surface area contributed by atoms with E-state index in [4.69, 9.17) is 0 Å². The molecule has 0 aliphatic carbocycles. The van der Waals surface area contributed by atoms with Gasteiger partial charge < -0.3 is 15.4 Å². The summed E-state index contributed by atoms with van der Waals surface area (Å²) in [5.41, 5.74) is 4.00. The van der Waals surface area contributed by atoms with Crippen LogP contribution in [0.1, 0.15) is 34.1 Å². The molecule has 1 unspecified atom stereocenters. The topological polar surface area (TPSA) is 64.9 Å². The third-order valence-electron chi connectivity index (χ3n) is 4.28. The highest BCUT2D eigenvalue weighted by Crippen LogP contribution is 2.39. The fourth-order valence-electron chi connectivity index (χ4n) is 3.28. The third-order valence-corrected chi connectivity index (χ3v) is 4.28. The zero-order valence-corrected chi connectivity index (χ0v) is 11.9. The summed E-state index contributed by atoms with van der Waals surface area (Å²) in [6.07, 6.45) is 0.453. The maximum Gasteiger partial charge on any atom is 0.255 e. The number of benzene rings is 2. The molecule has 0 saturated heterocycles. The van der Waals surface area contributed by atoms with Crippen LogP contribution in [-0.4, -0.2) is 23.4 Å². The molecule has 1 atom stereocenters. The van der Waals surface area contributed by atoms with Crippen LogP contribution in [0.25, 0.3) is 0 Å². The summed E-state index contributed by atoms with van der Waals surface area (Å²) in [5, 5.41) is 15.7. The van der Waals surface area contributed by atoms with E-state index in [0.717, 1.165) is 16.8 Å². The Morgan fingerprint density at radius 3 is 2.64 bits per heavy atom. The lowest BCUT2D eigenvalue weighted by Crippen LogP contribution is -2.49. The van der Waals surface area contributed by atoms with Gasteiger partial charge >= 0.3 is 0 Å². The lowest BCUT2D eigenvalue weighted by Gasteiger charge is -2.42. The Bertz CT molecular complexity index is 771. The number of rotatable bonds is 1. The van der Waals surface area contributed by atoms with Gasteiger partial charge in [0, 0.05) is 18.5 Å². The van der Waals surface area contributed by atoms with Gasteiger partial charge in [-0.25, -0.2) is 0 Å². The number of hydrogen-bond acceptors (Lipinski definition) is 4. The Kier molecular flexibility index (Phi) is 2.85. The van der Waals surface area contributed by atoms with Gasteiger partial charge in [-0.05, 0) is 11.6 Å². The summed E-state index contributed by atoms with van der Waals surface area (Å²) in [6.45, 7) is 0.698. The zero-order valence-electron chi connectivity index (χ0n) is 11.9. The van der Waals surface area contributed by atoms with E-state index in [1.807, 2.05) is 48.5 Å². The van der Waals surface area contributed by atoms with Gasteiger partial charge in [-0.2, -0.15) is 0 Å². The fraction of sp³-hybridized carbons (Fsp3) is 0.176. The van der Waals surface area contributed by atoms with E-state index < -0.39 is 0 Å². The van der Waals surface area contributed by atoms with Gasteiger partial charge in [0.1, 0.15) is 6.17 Å². The van der Waals surface area contributed by atoms with Gasteiger partial charge in [0.05, 0.1) is 17.0 Å². The van der Waals surface area contributed by atoms with Crippen LogP contribution < -0.4 is 10.2 Å². The molecule has 0 saturated carbocycles. The molecular weight excluding hydrogens is 278 g/mol. The second-order valence-corrected chi connectivity index (χ2v) is 5.48. The summed E-state index contributed by atoms with van der Waals surface area (Å²) >= 11 is 0. The third kappa shape index (κ3) is 1.79. The minimum Gasteiger partial charge on any atom is -0.411 e. The maximum atomic E-state index is 12.5. The molecule has 5 nitrogen and oxygen atoms in total. The smallest absolute Gasteiger partial charge is 0.255 e. The highest BCUT2D eigenvalue weighted by Gasteiger charge is 2.36. The van der Waals surface area contributed by atoms with Crippen molar-refractivity contribution in [3.8, 4) is 0 Å². The quantitative estimate of drug-likeness (QED) is 0.627. The first kappa shape index (κ1) is 12.9. The lowest BCUT2D eigenvalue weighted by atomic mass is 9.92. The van der Waals surface area contributed by atoms with E-state index in [2.05, 4.69) is 15.4 Å². The predicted octanol–water partition coefficient (Wildman–Crippen LogP) is 2.52. The molecule has 2 aliphatic rings. The van der Waals surface area contributed by atoms with E-state index in [9.17, 15) is 10.0 Å². The second-order valence-electron chi connectivity index (χ2n) is 5.48. The normalized spacial score (nSPS) is 21.5. The van der Waals surface area contributed by atoms with Gasteiger partial charge in [0.25, 0.3) is 5.91 Å². The molecule has 22 heavy (non-hydrogen) atoms. The molecule has 1 amide bonds. The molecule has 2 aliphatic heterocycles. The summed E-state index contributed by atoms with van der Waals surface area (Å²) < 4.78 is 0. The van der Waals surface area contributed by atoms with Crippen LogP contribution in [0.2, 0.25) is 0 Å². The molecule has 110 valence electrons. The number of oxime groups is 1. The number of anilines is 1. The summed E-state index contributed by atoms with van der Waals surface area (Å²) in [4.78, 5) is 14.6. The van der Waals surface area contributed by atoms with Crippen LogP contribution in [0.5, 0.6) is 0 Å². The molecule has 5 heteroatoms. The molecule has 2 aromatic carbocycles. The molecule has 0 radical (unpaired) electrons. The Balaban J connectivity index is 1.90. The van der Waals surface area contributed by atoms with Crippen LogP contribution >= 0.6 is 0 Å². The van der Waals surface area contributed by atoms with Crippen LogP contribution in [0.15, 0.2) is 53.7 Å². The molecule has 0 spiro atoms. The number of amides is 1. The van der Waals surface area contributed by atoms with Gasteiger partial charge in [0.15, 0.2) is 0 Å². The maximum absolute atomic E-state index is 12.5. The van der Waals surface area contributed by atoms with Crippen molar-refractivity contribution in [1.29, 1.82) is 0 Å². The Morgan fingerprint density at radius 1 is 1.09 bits per heavy atom. The van der Waals surface area contributed by atoms with E-state index >= 15 is 0 Å². The minimum atomic E-state index is -0.192. The van der Waals surface area contributed by atoms with Gasteiger partial charge in [0.2, 0.25) is 0 Å². The van der Waals surface area contributed by atoms with Crippen molar-refractivity contribution >= 4 is 17.3 Å². The standard InChI is InChI=1S/C17H15N3O2/c21-17-13-8-4-7-12-14(19-22)9-10-20(15(12)13)16(18-17)11-5-2-1-3-6-11/h1-8,16,22H,9-10H2,(H,18,21)/b19-14-. The van der Waals surface area contributed by atoms with Crippen molar-refractivity contribution < 1.29 is 10.0 Å². The molecule has 4 rings (SSSR count). The lowest BCUT2D eigenvalue weighted by molar-refractivity contribution is 0.0926. The monoisotopic (exact) mass is 293 g/mol. The Morgan fingerprint density at radius 2 is 1.86 bits per heavy atom. The van der Waals surface area contributed by atoms with Gasteiger partial charge in [-0.3, -0.25) is 4.79 Å². The van der Waals surface area contributed by atoms with Crippen molar-refractivity contribution in [3.63, 3.8) is 0 Å². The summed E-state index contributed by atoms with van der Waals surface area (Å²) in [6, 6.07) is 15.4. The highest BCUT2D eigenvalue weighted by atomic mass is 16.4. The molecule has 2 heterocycles. The van der Waals surface area contributed by atoms with Crippen molar-refractivity contribution in [2.75, 3.05) is 11.4 Å². The number of para-hydroxylation sites is 1. The first-order valence-corrected chi connectivity index (χ1v) is 7.26. The van der Waals surface area contributed by atoms with Crippen LogP contribution in [0.3, 0.4) is 0 Å². The van der Waals surface area contributed by atoms with Crippen molar-refractivity contribution in [1.82, 2.24) is 5.32 Å². The van der Waals surface area contributed by atoms with E-state index in [-0.39, 0.29) is 12.1 Å². The minimum absolute atomic E-state index is 0.0962. The SMILES string of the molecule is O=C1NC(c2ccccc2)N2CC/C(=N/O)c3cccc1c32. The second kappa shape index (κ2) is 4.87. The van der Waals surface area contributed by atoms with Crippen LogP contribution in [0.4, 0.5) is 5.69 Å².